The van der Waals surface area contributed by atoms with E-state index in [1.165, 1.54) is 0 Å². The number of halogens is 1. The summed E-state index contributed by atoms with van der Waals surface area (Å²) in [5.74, 6) is 0.386. The lowest BCUT2D eigenvalue weighted by Gasteiger charge is -2.12. The smallest absolute Gasteiger partial charge is 0.352 e. The number of Topliss-reactive ketones (excluding diaryl/α,β-unsaturated/α-hetero) is 1. The Morgan fingerprint density at radius 3 is 2.33 bits per heavy atom. The summed E-state index contributed by atoms with van der Waals surface area (Å²) in [6, 6.07) is 22.2. The van der Waals surface area contributed by atoms with Crippen molar-refractivity contribution in [2.45, 2.75) is 26.8 Å². The molecule has 0 fully saturated rings. The third-order valence-electron chi connectivity index (χ3n) is 5.78. The number of hydrogen-bond acceptors (Lipinski definition) is 3. The number of ether oxygens (including phenoxy) is 1. The molecule has 4 rings (SSSR count). The van der Waals surface area contributed by atoms with Crippen LogP contribution in [0.15, 0.2) is 77.3 Å². The number of hydrogen-bond donors (Lipinski definition) is 1. The summed E-state index contributed by atoms with van der Waals surface area (Å²) in [6.07, 6.45) is 0.792. The van der Waals surface area contributed by atoms with Gasteiger partial charge in [-0.3, -0.25) is 4.79 Å². The van der Waals surface area contributed by atoms with Gasteiger partial charge in [-0.15, -0.1) is 0 Å². The molecule has 0 bridgehead atoms. The minimum atomic E-state index is -1.01. The van der Waals surface area contributed by atoms with Crippen molar-refractivity contribution < 1.29 is 19.4 Å². The fourth-order valence-corrected chi connectivity index (χ4v) is 4.29. The van der Waals surface area contributed by atoms with Crippen LogP contribution in [0.4, 0.5) is 0 Å². The first kappa shape index (κ1) is 22.8. The average molecular weight is 506 g/mol. The molecule has 0 saturated heterocycles. The van der Waals surface area contributed by atoms with E-state index in [0.717, 1.165) is 27.4 Å². The number of aromatic carboxylic acids is 1. The van der Waals surface area contributed by atoms with Crippen LogP contribution in [0.2, 0.25) is 0 Å². The first-order chi connectivity index (χ1) is 15.9. The van der Waals surface area contributed by atoms with Crippen LogP contribution in [-0.2, 0) is 6.54 Å². The number of carboxylic acids is 1. The predicted molar refractivity (Wildman–Crippen MR) is 132 cm³/mol. The van der Waals surface area contributed by atoms with Gasteiger partial charge in [0.05, 0.1) is 5.52 Å². The van der Waals surface area contributed by atoms with Gasteiger partial charge in [-0.2, -0.15) is 0 Å². The summed E-state index contributed by atoms with van der Waals surface area (Å²) in [4.78, 5) is 24.5. The fraction of sp³-hybridized carbons (Fsp3) is 0.185. The first-order valence-corrected chi connectivity index (χ1v) is 11.6. The minimum absolute atomic E-state index is 0.0248. The summed E-state index contributed by atoms with van der Waals surface area (Å²) in [7, 11) is 0. The minimum Gasteiger partial charge on any atom is -0.477 e. The molecule has 6 heteroatoms. The normalized spacial score (nSPS) is 12.0. The number of benzene rings is 3. The largest absolute Gasteiger partial charge is 0.477 e. The highest BCUT2D eigenvalue weighted by molar-refractivity contribution is 9.10. The topological polar surface area (TPSA) is 68.5 Å². The summed E-state index contributed by atoms with van der Waals surface area (Å²) >= 11 is 3.57. The number of nitrogens with zero attached hydrogens (tertiary/aromatic N) is 1. The summed E-state index contributed by atoms with van der Waals surface area (Å²) < 4.78 is 8.50. The van der Waals surface area contributed by atoms with Gasteiger partial charge in [-0.05, 0) is 52.2 Å². The molecule has 1 aromatic heterocycles. The van der Waals surface area contributed by atoms with E-state index in [9.17, 15) is 14.7 Å². The number of ketones is 1. The molecule has 1 atom stereocenters. The zero-order chi connectivity index (χ0) is 23.5. The van der Waals surface area contributed by atoms with Crippen LogP contribution in [0.25, 0.3) is 10.9 Å². The number of aromatic nitrogens is 1. The van der Waals surface area contributed by atoms with Gasteiger partial charge in [0, 0.05) is 34.0 Å². The highest BCUT2D eigenvalue weighted by atomic mass is 79.9. The number of rotatable bonds is 8. The first-order valence-electron chi connectivity index (χ1n) is 10.8. The Morgan fingerprint density at radius 1 is 1.00 bits per heavy atom. The Bertz CT molecular complexity index is 1310. The third kappa shape index (κ3) is 4.86. The lowest BCUT2D eigenvalue weighted by atomic mass is 9.96. The molecule has 4 aromatic rings. The maximum absolute atomic E-state index is 12.4. The fourth-order valence-electron chi connectivity index (χ4n) is 3.75. The Balaban J connectivity index is 1.72. The van der Waals surface area contributed by atoms with Crippen LogP contribution in [0.1, 0.15) is 46.7 Å². The maximum atomic E-state index is 12.4. The van der Waals surface area contributed by atoms with Gasteiger partial charge in [0.25, 0.3) is 0 Å². The number of carbonyl (C=O) groups excluding carboxylic acids is 1. The van der Waals surface area contributed by atoms with Gasteiger partial charge >= 0.3 is 5.97 Å². The molecular weight excluding hydrogens is 482 g/mol. The Hall–Kier alpha value is -3.38. The Morgan fingerprint density at radius 2 is 1.70 bits per heavy atom. The van der Waals surface area contributed by atoms with Crippen LogP contribution in [0, 0.1) is 5.92 Å². The van der Waals surface area contributed by atoms with E-state index in [1.54, 1.807) is 10.6 Å². The monoisotopic (exact) mass is 505 g/mol. The zero-order valence-corrected chi connectivity index (χ0v) is 20.0. The number of carboxylic acid groups (broad SMARTS) is 1. The number of para-hydroxylation sites is 1. The van der Waals surface area contributed by atoms with Crippen molar-refractivity contribution in [3.63, 3.8) is 0 Å². The van der Waals surface area contributed by atoms with E-state index in [-0.39, 0.29) is 17.4 Å². The van der Waals surface area contributed by atoms with Crippen molar-refractivity contribution in [1.29, 1.82) is 0 Å². The quantitative estimate of drug-likeness (QED) is 0.257. The van der Waals surface area contributed by atoms with E-state index in [2.05, 4.69) is 15.9 Å². The Kier molecular flexibility index (Phi) is 6.65. The van der Waals surface area contributed by atoms with Crippen LogP contribution < -0.4 is 4.74 Å². The van der Waals surface area contributed by atoms with Crippen molar-refractivity contribution in [3.8, 4) is 11.5 Å². The van der Waals surface area contributed by atoms with Crippen molar-refractivity contribution in [1.82, 2.24) is 4.57 Å². The highest BCUT2D eigenvalue weighted by Crippen LogP contribution is 2.34. The van der Waals surface area contributed by atoms with E-state index in [1.807, 2.05) is 80.6 Å². The molecule has 0 aliphatic heterocycles. The molecule has 5 nitrogen and oxygen atoms in total. The molecule has 1 unspecified atom stereocenters. The van der Waals surface area contributed by atoms with Crippen LogP contribution in [-0.4, -0.2) is 21.4 Å². The van der Waals surface area contributed by atoms with Crippen molar-refractivity contribution >= 4 is 38.6 Å². The average Bonchev–Trinajstić information content (AvgIpc) is 3.18. The lowest BCUT2D eigenvalue weighted by molar-refractivity contribution is 0.0686. The van der Waals surface area contributed by atoms with Gasteiger partial charge < -0.3 is 14.4 Å². The summed E-state index contributed by atoms with van der Waals surface area (Å²) in [6.45, 7) is 4.27. The lowest BCUT2D eigenvalue weighted by Crippen LogP contribution is -2.11. The van der Waals surface area contributed by atoms with Gasteiger partial charge in [-0.25, -0.2) is 4.79 Å². The molecule has 1 heterocycles. The SMILES string of the molecule is CCC(C)C(=O)c1ccc(Cn2c(C(=O)O)cc3c(Br)cc(Oc4ccccc4)cc32)cc1. The molecule has 0 amide bonds. The molecule has 1 N–H and O–H groups in total. The molecule has 0 saturated carbocycles. The molecule has 0 spiro atoms. The van der Waals surface area contributed by atoms with Crippen LogP contribution in [0.5, 0.6) is 11.5 Å². The number of carbonyl (C=O) groups is 2. The van der Waals surface area contributed by atoms with Gasteiger partial charge in [-0.1, -0.05) is 56.3 Å². The molecule has 168 valence electrons. The van der Waals surface area contributed by atoms with Gasteiger partial charge in [0.15, 0.2) is 5.78 Å². The van der Waals surface area contributed by atoms with Crippen molar-refractivity contribution in [3.05, 3.63) is 94.1 Å². The standard InChI is InChI=1S/C27H24BrNO4/c1-3-17(2)26(30)19-11-9-18(10-12-19)16-29-24-14-21(33-20-7-5-4-6-8-20)13-23(28)22(24)15-25(29)27(31)32/h4-15,17H,3,16H2,1-2H3,(H,31,32). The maximum Gasteiger partial charge on any atom is 0.352 e. The molecule has 0 aliphatic carbocycles. The molecule has 0 radical (unpaired) electrons. The molecule has 0 aliphatic rings. The second kappa shape index (κ2) is 9.63. The Labute approximate surface area is 200 Å². The second-order valence-corrected chi connectivity index (χ2v) is 8.90. The zero-order valence-electron chi connectivity index (χ0n) is 18.4. The van der Waals surface area contributed by atoms with Crippen LogP contribution in [0.3, 0.4) is 0 Å². The van der Waals surface area contributed by atoms with E-state index >= 15 is 0 Å². The van der Waals surface area contributed by atoms with Crippen molar-refractivity contribution in [2.75, 3.05) is 0 Å². The highest BCUT2D eigenvalue weighted by Gasteiger charge is 2.19. The predicted octanol–water partition coefficient (Wildman–Crippen LogP) is 7.17. The van der Waals surface area contributed by atoms with Gasteiger partial charge in [0.2, 0.25) is 0 Å². The summed E-state index contributed by atoms with van der Waals surface area (Å²) in [5, 5.41) is 10.6. The third-order valence-corrected chi connectivity index (χ3v) is 6.44. The molecule has 3 aromatic carbocycles. The van der Waals surface area contributed by atoms with Crippen LogP contribution >= 0.6 is 15.9 Å². The number of fused-ring (bicyclic) bond motifs is 1. The summed E-state index contributed by atoms with van der Waals surface area (Å²) in [5.41, 5.74) is 2.50. The van der Waals surface area contributed by atoms with E-state index in [0.29, 0.717) is 23.6 Å². The molecular formula is C27H24BrNO4. The molecule has 33 heavy (non-hydrogen) atoms. The van der Waals surface area contributed by atoms with Crippen molar-refractivity contribution in [2.24, 2.45) is 5.92 Å². The van der Waals surface area contributed by atoms with Gasteiger partial charge in [0.1, 0.15) is 17.2 Å². The van der Waals surface area contributed by atoms with E-state index in [4.69, 9.17) is 4.74 Å². The second-order valence-electron chi connectivity index (χ2n) is 8.04. The van der Waals surface area contributed by atoms with E-state index < -0.39 is 5.97 Å².